The predicted octanol–water partition coefficient (Wildman–Crippen LogP) is 2.74. The van der Waals surface area contributed by atoms with Gasteiger partial charge >= 0.3 is 0 Å². The molecule has 1 saturated heterocycles. The molecule has 0 amide bonds. The topological polar surface area (TPSA) is 84.9 Å². The lowest BCUT2D eigenvalue weighted by molar-refractivity contribution is 0.0729. The van der Waals surface area contributed by atoms with Crippen molar-refractivity contribution in [1.82, 2.24) is 14.5 Å². The molecule has 0 aliphatic carbocycles. The predicted molar refractivity (Wildman–Crippen MR) is 125 cm³/mol. The van der Waals surface area contributed by atoms with Gasteiger partial charge in [0.1, 0.15) is 10.6 Å². The van der Waals surface area contributed by atoms with Crippen molar-refractivity contribution in [2.75, 3.05) is 44.9 Å². The van der Waals surface area contributed by atoms with Gasteiger partial charge in [0, 0.05) is 31.7 Å². The van der Waals surface area contributed by atoms with Gasteiger partial charge in [0.15, 0.2) is 5.82 Å². The molecular formula is C24H26N4O4S. The quantitative estimate of drug-likeness (QED) is 0.572. The Kier molecular flexibility index (Phi) is 6.01. The number of hydrogen-bond acceptors (Lipinski definition) is 7. The van der Waals surface area contributed by atoms with Crippen molar-refractivity contribution in [3.8, 4) is 17.0 Å². The monoisotopic (exact) mass is 466 g/mol. The summed E-state index contributed by atoms with van der Waals surface area (Å²) in [6, 6.07) is 17.4. The summed E-state index contributed by atoms with van der Waals surface area (Å²) in [5.41, 5.74) is 3.97. The van der Waals surface area contributed by atoms with Gasteiger partial charge in [0.05, 0.1) is 26.0 Å². The third-order valence-electron chi connectivity index (χ3n) is 6.15. The van der Waals surface area contributed by atoms with Gasteiger partial charge < -0.3 is 14.4 Å². The highest BCUT2D eigenvalue weighted by Gasteiger charge is 2.29. The van der Waals surface area contributed by atoms with E-state index in [1.807, 2.05) is 12.1 Å². The fourth-order valence-electron chi connectivity index (χ4n) is 4.30. The number of fused-ring (bicyclic) bond motifs is 1. The summed E-state index contributed by atoms with van der Waals surface area (Å²) < 4.78 is 38.6. The molecule has 0 bridgehead atoms. The fraction of sp³-hybridized carbons (Fsp3) is 0.333. The molecule has 0 radical (unpaired) electrons. The van der Waals surface area contributed by atoms with Gasteiger partial charge in [-0.1, -0.05) is 24.3 Å². The maximum Gasteiger partial charge on any atom is 0.246 e. The second-order valence-electron chi connectivity index (χ2n) is 8.10. The minimum atomic E-state index is -3.72. The number of aromatic nitrogens is 2. The van der Waals surface area contributed by atoms with E-state index >= 15 is 0 Å². The normalized spacial score (nSPS) is 16.9. The Hall–Kier alpha value is -3.01. The lowest BCUT2D eigenvalue weighted by Gasteiger charge is -2.29. The Morgan fingerprint density at radius 2 is 1.73 bits per heavy atom. The van der Waals surface area contributed by atoms with E-state index in [4.69, 9.17) is 9.47 Å². The first-order valence-electron chi connectivity index (χ1n) is 11.0. The molecule has 3 aromatic rings. The van der Waals surface area contributed by atoms with Gasteiger partial charge in [0.2, 0.25) is 10.0 Å². The molecule has 0 unspecified atom stereocenters. The Bertz CT molecular complexity index is 1240. The van der Waals surface area contributed by atoms with Crippen molar-refractivity contribution in [3.05, 3.63) is 65.7 Å². The van der Waals surface area contributed by atoms with Crippen molar-refractivity contribution >= 4 is 15.8 Å². The van der Waals surface area contributed by atoms with Crippen LogP contribution in [0.15, 0.2) is 59.5 Å². The van der Waals surface area contributed by atoms with Crippen LogP contribution in [0.3, 0.4) is 0 Å². The van der Waals surface area contributed by atoms with E-state index in [0.717, 1.165) is 25.3 Å². The molecule has 172 valence electrons. The van der Waals surface area contributed by atoms with E-state index in [9.17, 15) is 8.42 Å². The van der Waals surface area contributed by atoms with Crippen LogP contribution in [0, 0.1) is 0 Å². The van der Waals surface area contributed by atoms with Crippen LogP contribution in [0.2, 0.25) is 0 Å². The standard InChI is InChI=1S/C24H26N4O4S/c1-31-22-8-6-19(16-23(22)33(29,30)28-12-14-32-15-13-28)21-7-9-24(26-25-21)27-11-10-18-4-2-3-5-20(18)17-27/h2-9,16H,10-15,17H2,1H3. The van der Waals surface area contributed by atoms with Crippen LogP contribution in [0.5, 0.6) is 5.75 Å². The van der Waals surface area contributed by atoms with Gasteiger partial charge in [-0.05, 0) is 47.9 Å². The van der Waals surface area contributed by atoms with Crippen LogP contribution < -0.4 is 9.64 Å². The average Bonchev–Trinajstić information content (AvgIpc) is 2.88. The van der Waals surface area contributed by atoms with Crippen molar-refractivity contribution in [3.63, 3.8) is 0 Å². The molecule has 9 heteroatoms. The molecule has 5 rings (SSSR count). The van der Waals surface area contributed by atoms with E-state index in [1.54, 1.807) is 18.2 Å². The first-order chi connectivity index (χ1) is 16.1. The molecule has 2 aliphatic heterocycles. The summed E-state index contributed by atoms with van der Waals surface area (Å²) in [4.78, 5) is 2.34. The van der Waals surface area contributed by atoms with Gasteiger partial charge in [-0.15, -0.1) is 10.2 Å². The van der Waals surface area contributed by atoms with Crippen LogP contribution in [-0.2, 0) is 27.7 Å². The van der Waals surface area contributed by atoms with Crippen LogP contribution in [0.1, 0.15) is 11.1 Å². The van der Waals surface area contributed by atoms with Gasteiger partial charge in [-0.2, -0.15) is 4.31 Å². The van der Waals surface area contributed by atoms with Gasteiger partial charge in [-0.3, -0.25) is 0 Å². The Balaban J connectivity index is 1.41. The Labute approximate surface area is 193 Å². The fourth-order valence-corrected chi connectivity index (χ4v) is 5.89. The SMILES string of the molecule is COc1ccc(-c2ccc(N3CCc4ccccc4C3)nn2)cc1S(=O)(=O)N1CCOCC1. The molecule has 8 nitrogen and oxygen atoms in total. The number of nitrogens with zero attached hydrogens (tertiary/aromatic N) is 4. The molecule has 0 saturated carbocycles. The van der Waals surface area contributed by atoms with E-state index < -0.39 is 10.0 Å². The van der Waals surface area contributed by atoms with Crippen molar-refractivity contribution in [2.45, 2.75) is 17.9 Å². The second kappa shape index (κ2) is 9.09. The number of ether oxygens (including phenoxy) is 2. The van der Waals surface area contributed by atoms with E-state index in [0.29, 0.717) is 43.3 Å². The lowest BCUT2D eigenvalue weighted by atomic mass is 10.00. The molecule has 0 N–H and O–H groups in total. The Morgan fingerprint density at radius 1 is 0.939 bits per heavy atom. The van der Waals surface area contributed by atoms with Crippen molar-refractivity contribution in [1.29, 1.82) is 0 Å². The average molecular weight is 467 g/mol. The van der Waals surface area contributed by atoms with Crippen LogP contribution in [0.25, 0.3) is 11.3 Å². The number of rotatable bonds is 5. The van der Waals surface area contributed by atoms with Gasteiger partial charge in [-0.25, -0.2) is 8.42 Å². The van der Waals surface area contributed by atoms with Crippen molar-refractivity contribution in [2.24, 2.45) is 0 Å². The summed E-state index contributed by atoms with van der Waals surface area (Å²) in [5, 5.41) is 8.85. The van der Waals surface area contributed by atoms with E-state index in [-0.39, 0.29) is 4.90 Å². The maximum absolute atomic E-state index is 13.3. The van der Waals surface area contributed by atoms with E-state index in [2.05, 4.69) is 39.4 Å². The Morgan fingerprint density at radius 3 is 2.45 bits per heavy atom. The van der Waals surface area contributed by atoms with E-state index in [1.165, 1.54) is 22.5 Å². The number of methoxy groups -OCH3 is 1. The maximum atomic E-state index is 13.3. The van der Waals surface area contributed by atoms with Crippen LogP contribution in [0.4, 0.5) is 5.82 Å². The highest BCUT2D eigenvalue weighted by atomic mass is 32.2. The first kappa shape index (κ1) is 21.8. The molecule has 3 heterocycles. The zero-order valence-electron chi connectivity index (χ0n) is 18.5. The molecule has 1 aromatic heterocycles. The number of hydrogen-bond donors (Lipinski definition) is 0. The second-order valence-corrected chi connectivity index (χ2v) is 10.0. The van der Waals surface area contributed by atoms with Crippen LogP contribution >= 0.6 is 0 Å². The minimum absolute atomic E-state index is 0.128. The zero-order valence-corrected chi connectivity index (χ0v) is 19.3. The minimum Gasteiger partial charge on any atom is -0.495 e. The smallest absolute Gasteiger partial charge is 0.246 e. The van der Waals surface area contributed by atoms with Crippen molar-refractivity contribution < 1.29 is 17.9 Å². The molecule has 0 atom stereocenters. The summed E-state index contributed by atoms with van der Waals surface area (Å²) >= 11 is 0. The molecule has 0 spiro atoms. The molecule has 33 heavy (non-hydrogen) atoms. The molecule has 2 aliphatic rings. The third kappa shape index (κ3) is 4.31. The number of morpholine rings is 1. The highest BCUT2D eigenvalue weighted by molar-refractivity contribution is 7.89. The lowest BCUT2D eigenvalue weighted by Crippen LogP contribution is -2.40. The summed E-state index contributed by atoms with van der Waals surface area (Å²) in [6.07, 6.45) is 0.973. The third-order valence-corrected chi connectivity index (χ3v) is 8.07. The zero-order chi connectivity index (χ0) is 22.8. The number of benzene rings is 2. The number of anilines is 1. The molecule has 1 fully saturated rings. The van der Waals surface area contributed by atoms with Gasteiger partial charge in [0.25, 0.3) is 0 Å². The highest BCUT2D eigenvalue weighted by Crippen LogP contribution is 2.32. The molecule has 2 aromatic carbocycles. The summed E-state index contributed by atoms with van der Waals surface area (Å²) in [6.45, 7) is 3.10. The number of sulfonamides is 1. The summed E-state index contributed by atoms with van der Waals surface area (Å²) in [7, 11) is -2.25. The summed E-state index contributed by atoms with van der Waals surface area (Å²) in [5.74, 6) is 1.12. The molecular weight excluding hydrogens is 440 g/mol. The van der Waals surface area contributed by atoms with Crippen LogP contribution in [-0.4, -0.2) is 62.9 Å². The first-order valence-corrected chi connectivity index (χ1v) is 12.4. The largest absolute Gasteiger partial charge is 0.495 e.